The molecule has 5 N–H and O–H groups in total. The molecule has 18 heavy (non-hydrogen) atoms. The van der Waals surface area contributed by atoms with Crippen LogP contribution >= 0.6 is 0 Å². The van der Waals surface area contributed by atoms with Gasteiger partial charge in [0.1, 0.15) is 5.84 Å². The van der Waals surface area contributed by atoms with Crippen LogP contribution in [0.5, 0.6) is 0 Å². The minimum Gasteiger partial charge on any atom is -0.409 e. The van der Waals surface area contributed by atoms with Crippen LogP contribution < -0.4 is 11.1 Å². The number of aliphatic hydroxyl groups is 1. The Labute approximate surface area is 110 Å². The van der Waals surface area contributed by atoms with Gasteiger partial charge in [0.25, 0.3) is 0 Å². The van der Waals surface area contributed by atoms with Crippen molar-refractivity contribution in [2.45, 2.75) is 65.5 Å². The number of amidine groups is 1. The van der Waals surface area contributed by atoms with E-state index >= 15 is 0 Å². The smallest absolute Gasteiger partial charge is 0.144 e. The third kappa shape index (κ3) is 7.50. The predicted octanol–water partition coefficient (Wildman–Crippen LogP) is 1.68. The monoisotopic (exact) mass is 259 g/mol. The molecule has 0 saturated carbocycles. The maximum Gasteiger partial charge on any atom is 0.144 e. The highest BCUT2D eigenvalue weighted by Crippen LogP contribution is 2.23. The normalized spacial score (nSPS) is 16.6. The third-order valence-electron chi connectivity index (χ3n) is 3.22. The molecule has 0 spiro atoms. The lowest BCUT2D eigenvalue weighted by molar-refractivity contribution is 0.170. The van der Waals surface area contributed by atoms with Gasteiger partial charge in [0.05, 0.1) is 6.10 Å². The van der Waals surface area contributed by atoms with E-state index in [2.05, 4.69) is 17.4 Å². The Balaban J connectivity index is 3.69. The average Bonchev–Trinajstić information content (AvgIpc) is 2.26. The van der Waals surface area contributed by atoms with E-state index < -0.39 is 0 Å². The molecule has 0 radical (unpaired) electrons. The fourth-order valence-electron chi connectivity index (χ4n) is 1.90. The fraction of sp³-hybridized carbons (Fsp3) is 0.923. The van der Waals surface area contributed by atoms with Crippen LogP contribution in [0.1, 0.15) is 53.4 Å². The zero-order valence-electron chi connectivity index (χ0n) is 12.1. The van der Waals surface area contributed by atoms with Gasteiger partial charge in [-0.2, -0.15) is 0 Å². The van der Waals surface area contributed by atoms with E-state index in [1.54, 1.807) is 6.92 Å². The standard InChI is InChI=1S/C13H29N3O2/c1-10(9-11(2)17)15-8-6-5-7-13(3,4)12(14)16-18/h10-11,15,17-18H,5-9H2,1-4H3,(H2,14,16). The first-order valence-electron chi connectivity index (χ1n) is 6.69. The second-order valence-corrected chi connectivity index (χ2v) is 5.77. The Hall–Kier alpha value is -0.810. The van der Waals surface area contributed by atoms with Gasteiger partial charge in [0.2, 0.25) is 0 Å². The van der Waals surface area contributed by atoms with E-state index in [9.17, 15) is 5.11 Å². The molecule has 0 aliphatic heterocycles. The van der Waals surface area contributed by atoms with Crippen LogP contribution in [0.3, 0.4) is 0 Å². The van der Waals surface area contributed by atoms with Gasteiger partial charge in [-0.25, -0.2) is 0 Å². The third-order valence-corrected chi connectivity index (χ3v) is 3.22. The highest BCUT2D eigenvalue weighted by molar-refractivity contribution is 5.85. The van der Waals surface area contributed by atoms with Crippen LogP contribution in [-0.2, 0) is 0 Å². The van der Waals surface area contributed by atoms with Crippen molar-refractivity contribution < 1.29 is 10.3 Å². The van der Waals surface area contributed by atoms with E-state index in [1.165, 1.54) is 0 Å². The first-order chi connectivity index (χ1) is 8.29. The maximum atomic E-state index is 9.23. The van der Waals surface area contributed by atoms with Crippen molar-refractivity contribution in [1.82, 2.24) is 5.32 Å². The summed E-state index contributed by atoms with van der Waals surface area (Å²) in [6.07, 6.45) is 3.49. The van der Waals surface area contributed by atoms with Crippen LogP contribution in [0.25, 0.3) is 0 Å². The average molecular weight is 259 g/mol. The van der Waals surface area contributed by atoms with Crippen LogP contribution in [-0.4, -0.2) is 34.8 Å². The van der Waals surface area contributed by atoms with Gasteiger partial charge in [0, 0.05) is 11.5 Å². The Kier molecular flexibility index (Phi) is 7.95. The summed E-state index contributed by atoms with van der Waals surface area (Å²) in [4.78, 5) is 0. The molecule has 0 aromatic heterocycles. The van der Waals surface area contributed by atoms with Crippen molar-refractivity contribution >= 4 is 5.84 Å². The summed E-state index contributed by atoms with van der Waals surface area (Å²) in [5.74, 6) is 0.290. The molecule has 5 heteroatoms. The first-order valence-corrected chi connectivity index (χ1v) is 6.69. The molecule has 5 nitrogen and oxygen atoms in total. The van der Waals surface area contributed by atoms with Crippen molar-refractivity contribution in [2.75, 3.05) is 6.54 Å². The van der Waals surface area contributed by atoms with Gasteiger partial charge in [-0.05, 0) is 39.7 Å². The molecular weight excluding hydrogens is 230 g/mol. The zero-order chi connectivity index (χ0) is 14.2. The molecule has 0 rings (SSSR count). The summed E-state index contributed by atoms with van der Waals surface area (Å²) in [6, 6.07) is 0.335. The van der Waals surface area contributed by atoms with Crippen molar-refractivity contribution in [2.24, 2.45) is 16.3 Å². The van der Waals surface area contributed by atoms with Gasteiger partial charge in [-0.1, -0.05) is 25.4 Å². The lowest BCUT2D eigenvalue weighted by Crippen LogP contribution is -2.32. The van der Waals surface area contributed by atoms with E-state index in [0.29, 0.717) is 6.04 Å². The molecular formula is C13H29N3O2. The summed E-state index contributed by atoms with van der Waals surface area (Å²) in [7, 11) is 0. The number of unbranched alkanes of at least 4 members (excludes halogenated alkanes) is 1. The Morgan fingerprint density at radius 3 is 2.44 bits per heavy atom. The molecule has 0 amide bonds. The number of nitrogens with two attached hydrogens (primary N) is 1. The molecule has 2 atom stereocenters. The molecule has 0 fully saturated rings. The predicted molar refractivity (Wildman–Crippen MR) is 74.8 cm³/mol. The summed E-state index contributed by atoms with van der Waals surface area (Å²) in [6.45, 7) is 8.77. The number of nitrogens with one attached hydrogen (secondary N) is 1. The minimum atomic E-state index is -0.257. The largest absolute Gasteiger partial charge is 0.409 e. The highest BCUT2D eigenvalue weighted by atomic mass is 16.4. The summed E-state index contributed by atoms with van der Waals surface area (Å²) in [5.41, 5.74) is 5.38. The Bertz CT molecular complexity index is 253. The molecule has 0 aliphatic carbocycles. The maximum absolute atomic E-state index is 9.23. The lowest BCUT2D eigenvalue weighted by Gasteiger charge is -2.22. The van der Waals surface area contributed by atoms with Gasteiger partial charge in [0.15, 0.2) is 0 Å². The van der Waals surface area contributed by atoms with E-state index in [-0.39, 0.29) is 17.4 Å². The second kappa shape index (κ2) is 8.32. The second-order valence-electron chi connectivity index (χ2n) is 5.77. The number of nitrogens with zero attached hydrogens (tertiary/aromatic N) is 1. The van der Waals surface area contributed by atoms with Crippen LogP contribution in [0.15, 0.2) is 5.16 Å². The molecule has 0 heterocycles. The molecule has 0 aromatic rings. The zero-order valence-corrected chi connectivity index (χ0v) is 12.1. The molecule has 108 valence electrons. The number of rotatable bonds is 9. The fourth-order valence-corrected chi connectivity index (χ4v) is 1.90. The molecule has 0 saturated heterocycles. The number of oxime groups is 1. The molecule has 0 aliphatic rings. The van der Waals surface area contributed by atoms with Crippen molar-refractivity contribution in [3.05, 3.63) is 0 Å². The Morgan fingerprint density at radius 1 is 1.33 bits per heavy atom. The lowest BCUT2D eigenvalue weighted by atomic mass is 9.86. The van der Waals surface area contributed by atoms with Crippen LogP contribution in [0, 0.1) is 5.41 Å². The number of hydrogen-bond donors (Lipinski definition) is 4. The van der Waals surface area contributed by atoms with E-state index in [1.807, 2.05) is 13.8 Å². The van der Waals surface area contributed by atoms with Crippen molar-refractivity contribution in [1.29, 1.82) is 0 Å². The quantitative estimate of drug-likeness (QED) is 0.167. The summed E-state index contributed by atoms with van der Waals surface area (Å²) >= 11 is 0. The topological polar surface area (TPSA) is 90.9 Å². The summed E-state index contributed by atoms with van der Waals surface area (Å²) in [5, 5.41) is 24.3. The van der Waals surface area contributed by atoms with E-state index in [0.717, 1.165) is 32.2 Å². The highest BCUT2D eigenvalue weighted by Gasteiger charge is 2.22. The van der Waals surface area contributed by atoms with Gasteiger partial charge >= 0.3 is 0 Å². The van der Waals surface area contributed by atoms with Gasteiger partial charge < -0.3 is 21.4 Å². The summed E-state index contributed by atoms with van der Waals surface area (Å²) < 4.78 is 0. The molecule has 2 unspecified atom stereocenters. The minimum absolute atomic E-state index is 0.250. The van der Waals surface area contributed by atoms with Crippen LogP contribution in [0.4, 0.5) is 0 Å². The van der Waals surface area contributed by atoms with Crippen molar-refractivity contribution in [3.8, 4) is 0 Å². The van der Waals surface area contributed by atoms with Crippen LogP contribution in [0.2, 0.25) is 0 Å². The molecule has 0 aromatic carbocycles. The first kappa shape index (κ1) is 17.2. The number of hydrogen-bond acceptors (Lipinski definition) is 4. The van der Waals surface area contributed by atoms with Gasteiger partial charge in [-0.15, -0.1) is 0 Å². The number of aliphatic hydroxyl groups excluding tert-OH is 1. The van der Waals surface area contributed by atoms with Gasteiger partial charge in [-0.3, -0.25) is 0 Å². The van der Waals surface area contributed by atoms with Crippen molar-refractivity contribution in [3.63, 3.8) is 0 Å². The SMILES string of the molecule is CC(O)CC(C)NCCCCC(C)(C)C(N)=NO. The Morgan fingerprint density at radius 2 is 1.94 bits per heavy atom. The molecule has 0 bridgehead atoms. The van der Waals surface area contributed by atoms with E-state index in [4.69, 9.17) is 10.9 Å².